The molecule has 2 heteroatoms. The molecule has 0 radical (unpaired) electrons. The fourth-order valence-corrected chi connectivity index (χ4v) is 3.43. The number of nitrogens with two attached hydrogens (primary N) is 1. The minimum absolute atomic E-state index is 0.613. The third-order valence-electron chi connectivity index (χ3n) is 3.07. The molecule has 1 heterocycles. The van der Waals surface area contributed by atoms with Gasteiger partial charge in [-0.3, -0.25) is 0 Å². The van der Waals surface area contributed by atoms with Crippen molar-refractivity contribution in [1.82, 2.24) is 0 Å². The van der Waals surface area contributed by atoms with Crippen LogP contribution in [-0.2, 0) is 0 Å². The van der Waals surface area contributed by atoms with E-state index in [0.29, 0.717) is 5.41 Å². The Balaban J connectivity index is 1.80. The van der Waals surface area contributed by atoms with Gasteiger partial charge in [-0.05, 0) is 49.8 Å². The second kappa shape index (κ2) is 2.98. The molecular weight excluding hydrogens is 154 g/mol. The van der Waals surface area contributed by atoms with Crippen LogP contribution < -0.4 is 5.73 Å². The fraction of sp³-hybridized carbons (Fsp3) is 1.00. The van der Waals surface area contributed by atoms with Crippen LogP contribution in [0.2, 0.25) is 0 Å². The highest BCUT2D eigenvalue weighted by molar-refractivity contribution is 8.00. The highest BCUT2D eigenvalue weighted by Gasteiger charge is 2.43. The lowest BCUT2D eigenvalue weighted by molar-refractivity contribution is 0.463. The predicted molar refractivity (Wildman–Crippen MR) is 50.8 cm³/mol. The van der Waals surface area contributed by atoms with Crippen molar-refractivity contribution in [3.8, 4) is 0 Å². The Bertz CT molecular complexity index is 136. The zero-order valence-corrected chi connectivity index (χ0v) is 7.83. The Morgan fingerprint density at radius 3 is 2.73 bits per heavy atom. The number of hydrogen-bond donors (Lipinski definition) is 1. The summed E-state index contributed by atoms with van der Waals surface area (Å²) >= 11 is 2.17. The fourth-order valence-electron chi connectivity index (χ4n) is 1.96. The van der Waals surface area contributed by atoms with Crippen molar-refractivity contribution in [3.63, 3.8) is 0 Å². The van der Waals surface area contributed by atoms with Crippen LogP contribution in [0.15, 0.2) is 0 Å². The molecule has 1 aliphatic heterocycles. The molecule has 2 fully saturated rings. The first-order valence-electron chi connectivity index (χ1n) is 4.66. The van der Waals surface area contributed by atoms with Crippen LogP contribution in [0.3, 0.4) is 0 Å². The van der Waals surface area contributed by atoms with Crippen molar-refractivity contribution in [3.05, 3.63) is 0 Å². The summed E-state index contributed by atoms with van der Waals surface area (Å²) in [7, 11) is 0. The van der Waals surface area contributed by atoms with Gasteiger partial charge in [0, 0.05) is 5.25 Å². The summed E-state index contributed by atoms with van der Waals surface area (Å²) in [5.41, 5.74) is 6.35. The molecule has 1 aliphatic carbocycles. The highest BCUT2D eigenvalue weighted by Crippen LogP contribution is 2.51. The monoisotopic (exact) mass is 171 g/mol. The van der Waals surface area contributed by atoms with Gasteiger partial charge in [-0.1, -0.05) is 0 Å². The van der Waals surface area contributed by atoms with Crippen molar-refractivity contribution in [1.29, 1.82) is 0 Å². The maximum Gasteiger partial charge on any atom is 0.00531 e. The van der Waals surface area contributed by atoms with Gasteiger partial charge < -0.3 is 5.73 Å². The predicted octanol–water partition coefficient (Wildman–Crippen LogP) is 2.01. The summed E-state index contributed by atoms with van der Waals surface area (Å²) in [4.78, 5) is 0. The summed E-state index contributed by atoms with van der Waals surface area (Å²) in [6.45, 7) is 0.935. The molecule has 1 nitrogen and oxygen atoms in total. The molecule has 0 aromatic carbocycles. The Morgan fingerprint density at radius 2 is 2.27 bits per heavy atom. The smallest absolute Gasteiger partial charge is 0.00531 e. The molecular formula is C9H17NS. The summed E-state index contributed by atoms with van der Waals surface area (Å²) < 4.78 is 0. The van der Waals surface area contributed by atoms with E-state index in [0.717, 1.165) is 11.8 Å². The summed E-state index contributed by atoms with van der Waals surface area (Å²) in [6.07, 6.45) is 7.11. The standard InChI is InChI=1S/C9H17NS/c10-7-9(3-4-9)6-8-2-1-5-11-8/h8H,1-7,10H2. The minimum Gasteiger partial charge on any atom is -0.330 e. The van der Waals surface area contributed by atoms with E-state index in [4.69, 9.17) is 5.73 Å². The number of rotatable bonds is 3. The normalized spacial score (nSPS) is 34.1. The highest BCUT2D eigenvalue weighted by atomic mass is 32.2. The van der Waals surface area contributed by atoms with Crippen LogP contribution in [0, 0.1) is 5.41 Å². The van der Waals surface area contributed by atoms with Crippen LogP contribution in [0.25, 0.3) is 0 Å². The van der Waals surface area contributed by atoms with E-state index >= 15 is 0 Å². The van der Waals surface area contributed by atoms with E-state index in [9.17, 15) is 0 Å². The van der Waals surface area contributed by atoms with Crippen LogP contribution in [0.5, 0.6) is 0 Å². The summed E-state index contributed by atoms with van der Waals surface area (Å²) in [5, 5.41) is 0.959. The first-order valence-corrected chi connectivity index (χ1v) is 5.71. The van der Waals surface area contributed by atoms with Crippen molar-refractivity contribution < 1.29 is 0 Å². The quantitative estimate of drug-likeness (QED) is 0.703. The van der Waals surface area contributed by atoms with Crippen molar-refractivity contribution >= 4 is 11.8 Å². The van der Waals surface area contributed by atoms with E-state index < -0.39 is 0 Å². The molecule has 64 valence electrons. The second-order valence-electron chi connectivity index (χ2n) is 4.04. The van der Waals surface area contributed by atoms with Crippen LogP contribution in [0.4, 0.5) is 0 Å². The van der Waals surface area contributed by atoms with Gasteiger partial charge in [0.1, 0.15) is 0 Å². The molecule has 1 saturated carbocycles. The van der Waals surface area contributed by atoms with E-state index in [-0.39, 0.29) is 0 Å². The van der Waals surface area contributed by atoms with Gasteiger partial charge in [-0.15, -0.1) is 0 Å². The van der Waals surface area contributed by atoms with E-state index in [2.05, 4.69) is 11.8 Å². The van der Waals surface area contributed by atoms with Crippen molar-refractivity contribution in [2.75, 3.05) is 12.3 Å². The first-order chi connectivity index (χ1) is 5.35. The van der Waals surface area contributed by atoms with Gasteiger partial charge in [0.25, 0.3) is 0 Å². The molecule has 0 aromatic heterocycles. The van der Waals surface area contributed by atoms with E-state index in [1.165, 1.54) is 37.9 Å². The Hall–Kier alpha value is 0.310. The zero-order chi connectivity index (χ0) is 7.73. The van der Waals surface area contributed by atoms with Gasteiger partial charge in [0.15, 0.2) is 0 Å². The molecule has 2 N–H and O–H groups in total. The van der Waals surface area contributed by atoms with Gasteiger partial charge in [0.2, 0.25) is 0 Å². The second-order valence-corrected chi connectivity index (χ2v) is 5.45. The Kier molecular flexibility index (Phi) is 2.15. The van der Waals surface area contributed by atoms with Crippen LogP contribution >= 0.6 is 11.8 Å². The molecule has 0 bridgehead atoms. The maximum atomic E-state index is 5.74. The first kappa shape index (κ1) is 7.93. The van der Waals surface area contributed by atoms with Gasteiger partial charge in [-0.2, -0.15) is 11.8 Å². The van der Waals surface area contributed by atoms with Crippen LogP contribution in [0.1, 0.15) is 32.1 Å². The Labute approximate surface area is 73.1 Å². The largest absolute Gasteiger partial charge is 0.330 e. The lowest BCUT2D eigenvalue weighted by Gasteiger charge is -2.16. The Morgan fingerprint density at radius 1 is 1.45 bits per heavy atom. The molecule has 0 spiro atoms. The molecule has 1 saturated heterocycles. The minimum atomic E-state index is 0.613. The SMILES string of the molecule is NCC1(CC2CCCS2)CC1. The third kappa shape index (κ3) is 1.73. The molecule has 0 aromatic rings. The van der Waals surface area contributed by atoms with E-state index in [1.54, 1.807) is 0 Å². The third-order valence-corrected chi connectivity index (χ3v) is 4.47. The van der Waals surface area contributed by atoms with Crippen LogP contribution in [-0.4, -0.2) is 17.5 Å². The topological polar surface area (TPSA) is 26.0 Å². The summed E-state index contributed by atoms with van der Waals surface area (Å²) in [6, 6.07) is 0. The average Bonchev–Trinajstić information content (AvgIpc) is 2.59. The van der Waals surface area contributed by atoms with Crippen molar-refractivity contribution in [2.45, 2.75) is 37.4 Å². The molecule has 11 heavy (non-hydrogen) atoms. The van der Waals surface area contributed by atoms with Crippen molar-refractivity contribution in [2.24, 2.45) is 11.1 Å². The van der Waals surface area contributed by atoms with Gasteiger partial charge >= 0.3 is 0 Å². The molecule has 1 atom stereocenters. The lowest BCUT2D eigenvalue weighted by atomic mass is 9.98. The van der Waals surface area contributed by atoms with Gasteiger partial charge in [0.05, 0.1) is 0 Å². The number of hydrogen-bond acceptors (Lipinski definition) is 2. The molecule has 2 rings (SSSR count). The molecule has 1 unspecified atom stereocenters. The van der Waals surface area contributed by atoms with Gasteiger partial charge in [-0.25, -0.2) is 0 Å². The molecule has 0 amide bonds. The number of thioether (sulfide) groups is 1. The average molecular weight is 171 g/mol. The summed E-state index contributed by atoms with van der Waals surface area (Å²) in [5.74, 6) is 1.39. The maximum absolute atomic E-state index is 5.74. The lowest BCUT2D eigenvalue weighted by Crippen LogP contribution is -2.19. The van der Waals surface area contributed by atoms with E-state index in [1.807, 2.05) is 0 Å². The zero-order valence-electron chi connectivity index (χ0n) is 7.01. The molecule has 2 aliphatic rings.